The van der Waals surface area contributed by atoms with E-state index in [1.54, 1.807) is 12.1 Å². The molecule has 0 bridgehead atoms. The van der Waals surface area contributed by atoms with E-state index in [1.807, 2.05) is 28.8 Å². The molecule has 30 heavy (non-hydrogen) atoms. The molecule has 5 heteroatoms. The zero-order valence-corrected chi connectivity index (χ0v) is 17.1. The van der Waals surface area contributed by atoms with Crippen LogP contribution < -0.4 is 4.90 Å². The van der Waals surface area contributed by atoms with Crippen LogP contribution in [0.25, 0.3) is 28.2 Å². The predicted octanol–water partition coefficient (Wildman–Crippen LogP) is 5.97. The number of nitrogens with zero attached hydrogens (tertiary/aromatic N) is 4. The van der Waals surface area contributed by atoms with E-state index in [9.17, 15) is 4.39 Å². The molecule has 152 valence electrons. The first-order valence-electron chi connectivity index (χ1n) is 10.7. The van der Waals surface area contributed by atoms with Gasteiger partial charge >= 0.3 is 0 Å². The first-order chi connectivity index (χ1) is 14.7. The van der Waals surface area contributed by atoms with Crippen LogP contribution in [-0.2, 0) is 0 Å². The molecule has 4 nitrogen and oxygen atoms in total. The topological polar surface area (TPSA) is 33.4 Å². The van der Waals surface area contributed by atoms with Gasteiger partial charge < -0.3 is 4.90 Å². The van der Waals surface area contributed by atoms with Crippen LogP contribution in [0.1, 0.15) is 32.6 Å². The summed E-state index contributed by atoms with van der Waals surface area (Å²) in [5.74, 6) is 0.838. The SMILES string of the molecule is CC[C@H]1CCCCN1c1cc(-c2ccccc2)nc2cc(-c3ccc(F)cc3)nn12. The van der Waals surface area contributed by atoms with Crippen molar-refractivity contribution in [3.05, 3.63) is 72.5 Å². The first kappa shape index (κ1) is 18.8. The van der Waals surface area contributed by atoms with E-state index < -0.39 is 0 Å². The molecule has 0 radical (unpaired) electrons. The second-order valence-corrected chi connectivity index (χ2v) is 7.92. The predicted molar refractivity (Wildman–Crippen MR) is 119 cm³/mol. The minimum absolute atomic E-state index is 0.244. The van der Waals surface area contributed by atoms with E-state index in [2.05, 4.69) is 30.0 Å². The van der Waals surface area contributed by atoms with E-state index in [4.69, 9.17) is 10.1 Å². The maximum Gasteiger partial charge on any atom is 0.158 e. The van der Waals surface area contributed by atoms with Gasteiger partial charge in [0, 0.05) is 35.8 Å². The quantitative estimate of drug-likeness (QED) is 0.423. The molecule has 1 aliphatic rings. The molecule has 2 aromatic heterocycles. The van der Waals surface area contributed by atoms with Crippen LogP contribution in [0, 0.1) is 5.82 Å². The summed E-state index contributed by atoms with van der Waals surface area (Å²) in [6.07, 6.45) is 4.77. The normalized spacial score (nSPS) is 16.9. The Morgan fingerprint density at radius 2 is 1.70 bits per heavy atom. The number of aromatic nitrogens is 3. The van der Waals surface area contributed by atoms with Gasteiger partial charge in [0.05, 0.1) is 11.4 Å². The lowest BCUT2D eigenvalue weighted by atomic mass is 10.00. The van der Waals surface area contributed by atoms with Crippen molar-refractivity contribution in [2.75, 3.05) is 11.4 Å². The number of hydrogen-bond acceptors (Lipinski definition) is 3. The minimum atomic E-state index is -0.244. The number of anilines is 1. The summed E-state index contributed by atoms with van der Waals surface area (Å²) in [6.45, 7) is 3.28. The van der Waals surface area contributed by atoms with Crippen LogP contribution in [0.4, 0.5) is 10.2 Å². The number of hydrogen-bond donors (Lipinski definition) is 0. The summed E-state index contributed by atoms with van der Waals surface area (Å²) in [4.78, 5) is 7.41. The van der Waals surface area contributed by atoms with Crippen molar-refractivity contribution in [2.24, 2.45) is 0 Å². The van der Waals surface area contributed by atoms with Crippen molar-refractivity contribution in [3.8, 4) is 22.5 Å². The zero-order chi connectivity index (χ0) is 20.5. The molecule has 0 aliphatic carbocycles. The fraction of sp³-hybridized carbons (Fsp3) is 0.280. The van der Waals surface area contributed by atoms with Crippen LogP contribution in [0.5, 0.6) is 0 Å². The van der Waals surface area contributed by atoms with Gasteiger partial charge in [-0.15, -0.1) is 0 Å². The number of halogens is 1. The Kier molecular flexibility index (Phi) is 4.95. The molecule has 2 aromatic carbocycles. The summed E-state index contributed by atoms with van der Waals surface area (Å²) >= 11 is 0. The standard InChI is InChI=1S/C25H25FN4/c1-2-21-10-6-7-15-29(21)25-17-22(18-8-4-3-5-9-18)27-24-16-23(28-30(24)25)19-11-13-20(26)14-12-19/h3-5,8-9,11-14,16-17,21H,2,6-7,10,15H2,1H3/t21-/m0/s1. The average Bonchev–Trinajstić information content (AvgIpc) is 3.23. The van der Waals surface area contributed by atoms with Gasteiger partial charge in [-0.1, -0.05) is 37.3 Å². The van der Waals surface area contributed by atoms with Crippen LogP contribution in [0.15, 0.2) is 66.7 Å². The second kappa shape index (κ2) is 7.90. The summed E-state index contributed by atoms with van der Waals surface area (Å²) in [5, 5.41) is 4.88. The van der Waals surface area contributed by atoms with Crippen LogP contribution in [-0.4, -0.2) is 27.2 Å². The molecular weight excluding hydrogens is 375 g/mol. The minimum Gasteiger partial charge on any atom is -0.353 e. The molecule has 1 atom stereocenters. The molecule has 4 aromatic rings. The van der Waals surface area contributed by atoms with E-state index in [0.717, 1.165) is 46.9 Å². The van der Waals surface area contributed by atoms with Crippen molar-refractivity contribution in [2.45, 2.75) is 38.6 Å². The Balaban J connectivity index is 1.69. The average molecular weight is 401 g/mol. The zero-order valence-electron chi connectivity index (χ0n) is 17.1. The van der Waals surface area contributed by atoms with E-state index in [1.165, 1.54) is 31.4 Å². The van der Waals surface area contributed by atoms with E-state index >= 15 is 0 Å². The molecule has 5 rings (SSSR count). The molecule has 1 saturated heterocycles. The highest BCUT2D eigenvalue weighted by molar-refractivity contribution is 5.71. The van der Waals surface area contributed by atoms with Crippen LogP contribution >= 0.6 is 0 Å². The number of benzene rings is 2. The number of piperidine rings is 1. The van der Waals surface area contributed by atoms with Crippen molar-refractivity contribution in [1.82, 2.24) is 14.6 Å². The van der Waals surface area contributed by atoms with Gasteiger partial charge in [-0.25, -0.2) is 9.37 Å². The maximum atomic E-state index is 13.4. The number of fused-ring (bicyclic) bond motifs is 1. The van der Waals surface area contributed by atoms with Gasteiger partial charge in [0.15, 0.2) is 5.65 Å². The van der Waals surface area contributed by atoms with Gasteiger partial charge in [0.1, 0.15) is 11.6 Å². The smallest absolute Gasteiger partial charge is 0.158 e. The van der Waals surface area contributed by atoms with Crippen molar-refractivity contribution >= 4 is 11.5 Å². The third-order valence-electron chi connectivity index (χ3n) is 6.01. The highest BCUT2D eigenvalue weighted by Crippen LogP contribution is 2.31. The van der Waals surface area contributed by atoms with Crippen LogP contribution in [0.2, 0.25) is 0 Å². The first-order valence-corrected chi connectivity index (χ1v) is 10.7. The largest absolute Gasteiger partial charge is 0.353 e. The number of rotatable bonds is 4. The molecular formula is C25H25FN4. The Bertz CT molecular complexity index is 1150. The Morgan fingerprint density at radius 3 is 2.47 bits per heavy atom. The Morgan fingerprint density at radius 1 is 0.933 bits per heavy atom. The Hall–Kier alpha value is -3.21. The van der Waals surface area contributed by atoms with Gasteiger partial charge in [-0.2, -0.15) is 9.61 Å². The summed E-state index contributed by atoms with van der Waals surface area (Å²) in [5.41, 5.74) is 4.55. The molecule has 0 amide bonds. The summed E-state index contributed by atoms with van der Waals surface area (Å²) < 4.78 is 15.3. The van der Waals surface area contributed by atoms with Crippen molar-refractivity contribution in [3.63, 3.8) is 0 Å². The molecule has 0 saturated carbocycles. The van der Waals surface area contributed by atoms with E-state index in [-0.39, 0.29) is 5.82 Å². The lowest BCUT2D eigenvalue weighted by molar-refractivity contribution is 0.444. The van der Waals surface area contributed by atoms with Crippen LogP contribution in [0.3, 0.4) is 0 Å². The highest BCUT2D eigenvalue weighted by atomic mass is 19.1. The monoisotopic (exact) mass is 400 g/mol. The molecule has 0 spiro atoms. The molecule has 3 heterocycles. The maximum absolute atomic E-state index is 13.4. The van der Waals surface area contributed by atoms with Gasteiger partial charge in [0.25, 0.3) is 0 Å². The third-order valence-corrected chi connectivity index (χ3v) is 6.01. The molecule has 0 unspecified atom stereocenters. The van der Waals surface area contributed by atoms with Crippen molar-refractivity contribution < 1.29 is 4.39 Å². The molecule has 0 N–H and O–H groups in total. The fourth-order valence-corrected chi connectivity index (χ4v) is 4.41. The summed E-state index contributed by atoms with van der Waals surface area (Å²) in [7, 11) is 0. The third kappa shape index (κ3) is 3.45. The second-order valence-electron chi connectivity index (χ2n) is 7.92. The van der Waals surface area contributed by atoms with Gasteiger partial charge in [-0.3, -0.25) is 0 Å². The summed E-state index contributed by atoms with van der Waals surface area (Å²) in [6, 6.07) is 21.4. The highest BCUT2D eigenvalue weighted by Gasteiger charge is 2.25. The Labute approximate surface area is 176 Å². The van der Waals surface area contributed by atoms with E-state index in [0.29, 0.717) is 6.04 Å². The lowest BCUT2D eigenvalue weighted by Gasteiger charge is -2.37. The molecule has 1 fully saturated rings. The van der Waals surface area contributed by atoms with Gasteiger partial charge in [-0.05, 0) is 49.9 Å². The van der Waals surface area contributed by atoms with Crippen molar-refractivity contribution in [1.29, 1.82) is 0 Å². The fourth-order valence-electron chi connectivity index (χ4n) is 4.41. The van der Waals surface area contributed by atoms with Gasteiger partial charge in [0.2, 0.25) is 0 Å². The lowest BCUT2D eigenvalue weighted by Crippen LogP contribution is -2.40. The molecule has 1 aliphatic heterocycles.